The van der Waals surface area contributed by atoms with E-state index in [9.17, 15) is 12.8 Å². The molecule has 1 fully saturated rings. The van der Waals surface area contributed by atoms with E-state index in [0.29, 0.717) is 30.5 Å². The summed E-state index contributed by atoms with van der Waals surface area (Å²) in [5, 5.41) is 2.91. The molecule has 1 aromatic carbocycles. The van der Waals surface area contributed by atoms with Crippen molar-refractivity contribution in [2.75, 3.05) is 13.6 Å². The van der Waals surface area contributed by atoms with Crippen molar-refractivity contribution in [1.82, 2.24) is 10.0 Å². The first-order valence-electron chi connectivity index (χ1n) is 7.36. The van der Waals surface area contributed by atoms with E-state index < -0.39 is 15.8 Å². The summed E-state index contributed by atoms with van der Waals surface area (Å²) in [7, 11) is -1.95. The first-order chi connectivity index (χ1) is 9.94. The van der Waals surface area contributed by atoms with Gasteiger partial charge in [-0.05, 0) is 43.0 Å². The quantitative estimate of drug-likeness (QED) is 0.847. The molecule has 2 N–H and O–H groups in total. The second kappa shape index (κ2) is 6.85. The number of hydrogen-bond donors (Lipinski definition) is 2. The molecule has 2 rings (SSSR count). The van der Waals surface area contributed by atoms with Crippen molar-refractivity contribution in [3.05, 3.63) is 29.6 Å². The van der Waals surface area contributed by atoms with Gasteiger partial charge in [0, 0.05) is 13.1 Å². The van der Waals surface area contributed by atoms with Crippen LogP contribution in [0.5, 0.6) is 0 Å². The van der Waals surface area contributed by atoms with Crippen LogP contribution in [0.1, 0.15) is 31.7 Å². The predicted molar refractivity (Wildman–Crippen MR) is 80.9 cm³/mol. The largest absolute Gasteiger partial charge is 0.316 e. The third-order valence-electron chi connectivity index (χ3n) is 4.26. The zero-order valence-corrected chi connectivity index (χ0v) is 13.3. The molecule has 1 aliphatic rings. The molecule has 4 nitrogen and oxygen atoms in total. The van der Waals surface area contributed by atoms with Crippen LogP contribution in [-0.2, 0) is 16.6 Å². The van der Waals surface area contributed by atoms with Crippen LogP contribution >= 0.6 is 0 Å². The second-order valence-corrected chi connectivity index (χ2v) is 7.54. The third kappa shape index (κ3) is 4.02. The molecule has 6 heteroatoms. The molecule has 118 valence electrons. The summed E-state index contributed by atoms with van der Waals surface area (Å²) in [6.45, 7) is 2.97. The highest BCUT2D eigenvalue weighted by Gasteiger charge is 2.26. The topological polar surface area (TPSA) is 58.2 Å². The molecule has 0 heterocycles. The third-order valence-corrected chi connectivity index (χ3v) is 5.77. The smallest absolute Gasteiger partial charge is 0.241 e. The highest BCUT2D eigenvalue weighted by Crippen LogP contribution is 2.30. The second-order valence-electron chi connectivity index (χ2n) is 5.80. The number of halogens is 1. The van der Waals surface area contributed by atoms with E-state index in [1.54, 1.807) is 7.05 Å². The van der Waals surface area contributed by atoms with Crippen LogP contribution in [-0.4, -0.2) is 22.0 Å². The molecule has 1 aromatic rings. The molecule has 0 radical (unpaired) electrons. The maximum atomic E-state index is 13.4. The highest BCUT2D eigenvalue weighted by molar-refractivity contribution is 7.89. The van der Waals surface area contributed by atoms with Gasteiger partial charge in [0.15, 0.2) is 0 Å². The summed E-state index contributed by atoms with van der Waals surface area (Å²) >= 11 is 0. The first-order valence-corrected chi connectivity index (χ1v) is 8.85. The van der Waals surface area contributed by atoms with Gasteiger partial charge in [-0.15, -0.1) is 0 Å². The van der Waals surface area contributed by atoms with Crippen LogP contribution < -0.4 is 10.0 Å². The first kappa shape index (κ1) is 16.4. The van der Waals surface area contributed by atoms with E-state index in [4.69, 9.17) is 0 Å². The maximum Gasteiger partial charge on any atom is 0.241 e. The summed E-state index contributed by atoms with van der Waals surface area (Å²) < 4.78 is 40.9. The Bertz CT molecular complexity index is 589. The molecule has 0 aromatic heterocycles. The van der Waals surface area contributed by atoms with Crippen LogP contribution in [0.4, 0.5) is 4.39 Å². The van der Waals surface area contributed by atoms with Crippen LogP contribution in [0.3, 0.4) is 0 Å². The van der Waals surface area contributed by atoms with Gasteiger partial charge >= 0.3 is 0 Å². The van der Waals surface area contributed by atoms with Gasteiger partial charge < -0.3 is 5.32 Å². The van der Waals surface area contributed by atoms with Crippen molar-refractivity contribution in [1.29, 1.82) is 0 Å². The van der Waals surface area contributed by atoms with Gasteiger partial charge in [-0.25, -0.2) is 17.5 Å². The van der Waals surface area contributed by atoms with E-state index in [1.807, 2.05) is 0 Å². The maximum absolute atomic E-state index is 13.4. The predicted octanol–water partition coefficient (Wildman–Crippen LogP) is 2.26. The van der Waals surface area contributed by atoms with E-state index in [0.717, 1.165) is 25.3 Å². The van der Waals surface area contributed by atoms with Gasteiger partial charge in [-0.1, -0.05) is 25.8 Å². The average Bonchev–Trinajstić information content (AvgIpc) is 2.84. The van der Waals surface area contributed by atoms with Gasteiger partial charge in [0.1, 0.15) is 5.82 Å². The van der Waals surface area contributed by atoms with Crippen molar-refractivity contribution >= 4 is 10.0 Å². The SMILES string of the molecule is CNCc1ccc(F)cc1S(=O)(=O)NCC1CCCC1C. The number of benzene rings is 1. The molecule has 1 saturated carbocycles. The fourth-order valence-corrected chi connectivity index (χ4v) is 4.28. The van der Waals surface area contributed by atoms with Crippen LogP contribution in [0.15, 0.2) is 23.1 Å². The lowest BCUT2D eigenvalue weighted by atomic mass is 9.99. The van der Waals surface area contributed by atoms with Crippen molar-refractivity contribution < 1.29 is 12.8 Å². The molecule has 0 saturated heterocycles. The molecular weight excluding hydrogens is 291 g/mol. The Balaban J connectivity index is 2.16. The highest BCUT2D eigenvalue weighted by atomic mass is 32.2. The summed E-state index contributed by atoms with van der Waals surface area (Å²) in [5.74, 6) is 0.377. The Labute approximate surface area is 126 Å². The minimum absolute atomic E-state index is 0.0301. The van der Waals surface area contributed by atoms with Crippen LogP contribution in [0.2, 0.25) is 0 Å². The lowest BCUT2D eigenvalue weighted by molar-refractivity contribution is 0.414. The zero-order valence-electron chi connectivity index (χ0n) is 12.5. The average molecular weight is 314 g/mol. The summed E-state index contributed by atoms with van der Waals surface area (Å²) in [6.07, 6.45) is 3.35. The number of rotatable bonds is 6. The molecule has 21 heavy (non-hydrogen) atoms. The molecule has 1 aliphatic carbocycles. The lowest BCUT2D eigenvalue weighted by Gasteiger charge is -2.17. The molecule has 0 spiro atoms. The van der Waals surface area contributed by atoms with Crippen molar-refractivity contribution in [3.8, 4) is 0 Å². The molecular formula is C15H23FN2O2S. The van der Waals surface area contributed by atoms with E-state index >= 15 is 0 Å². The van der Waals surface area contributed by atoms with Gasteiger partial charge in [0.05, 0.1) is 4.90 Å². The van der Waals surface area contributed by atoms with Crippen molar-refractivity contribution in [3.63, 3.8) is 0 Å². The molecule has 0 amide bonds. The van der Waals surface area contributed by atoms with Gasteiger partial charge in [-0.2, -0.15) is 0 Å². The Morgan fingerprint density at radius 3 is 2.71 bits per heavy atom. The van der Waals surface area contributed by atoms with Crippen LogP contribution in [0.25, 0.3) is 0 Å². The Morgan fingerprint density at radius 1 is 1.33 bits per heavy atom. The van der Waals surface area contributed by atoms with Crippen molar-refractivity contribution in [2.24, 2.45) is 11.8 Å². The van der Waals surface area contributed by atoms with Gasteiger partial charge in [-0.3, -0.25) is 0 Å². The van der Waals surface area contributed by atoms with Crippen LogP contribution in [0, 0.1) is 17.7 Å². The van der Waals surface area contributed by atoms with Gasteiger partial charge in [0.2, 0.25) is 10.0 Å². The van der Waals surface area contributed by atoms with E-state index in [2.05, 4.69) is 17.0 Å². The number of sulfonamides is 1. The Hall–Kier alpha value is -0.980. The number of nitrogens with one attached hydrogen (secondary N) is 2. The minimum atomic E-state index is -3.68. The fourth-order valence-electron chi connectivity index (χ4n) is 2.94. The van der Waals surface area contributed by atoms with Crippen molar-refractivity contribution in [2.45, 2.75) is 37.6 Å². The minimum Gasteiger partial charge on any atom is -0.316 e. The Morgan fingerprint density at radius 2 is 2.10 bits per heavy atom. The Kier molecular flexibility index (Phi) is 5.35. The zero-order chi connectivity index (χ0) is 15.5. The summed E-state index contributed by atoms with van der Waals surface area (Å²) in [6, 6.07) is 3.89. The lowest BCUT2D eigenvalue weighted by Crippen LogP contribution is -2.31. The summed E-state index contributed by atoms with van der Waals surface area (Å²) in [4.78, 5) is 0.0301. The molecule has 2 unspecified atom stereocenters. The molecule has 0 bridgehead atoms. The molecule has 0 aliphatic heterocycles. The molecule has 2 atom stereocenters. The number of hydrogen-bond acceptors (Lipinski definition) is 3. The fraction of sp³-hybridized carbons (Fsp3) is 0.600. The van der Waals surface area contributed by atoms with Gasteiger partial charge in [0.25, 0.3) is 0 Å². The standard InChI is InChI=1S/C15H23FN2O2S/c1-11-4-3-5-12(11)10-18-21(19,20)15-8-14(16)7-6-13(15)9-17-2/h6-8,11-12,17-18H,3-5,9-10H2,1-2H3. The monoisotopic (exact) mass is 314 g/mol. The normalized spacial score (nSPS) is 22.6. The van der Waals surface area contributed by atoms with E-state index in [1.165, 1.54) is 12.1 Å². The van der Waals surface area contributed by atoms with E-state index in [-0.39, 0.29) is 4.90 Å². The summed E-state index contributed by atoms with van der Waals surface area (Å²) in [5.41, 5.74) is 0.575.